The molecule has 1 aliphatic rings. The summed E-state index contributed by atoms with van der Waals surface area (Å²) in [5.74, 6) is -0.166. The van der Waals surface area contributed by atoms with Crippen molar-refractivity contribution in [2.45, 2.75) is 23.2 Å². The van der Waals surface area contributed by atoms with Gasteiger partial charge in [0, 0.05) is 48.3 Å². The van der Waals surface area contributed by atoms with E-state index in [1.807, 2.05) is 35.2 Å². The molecular formula is C20H20N4O3S2. The highest BCUT2D eigenvalue weighted by atomic mass is 32.2. The molecule has 1 amide bonds. The number of carboxylic acids is 1. The number of para-hydroxylation sites is 1. The van der Waals surface area contributed by atoms with E-state index in [1.165, 1.54) is 28.5 Å². The molecule has 1 atom stereocenters. The molecular weight excluding hydrogens is 408 g/mol. The summed E-state index contributed by atoms with van der Waals surface area (Å²) in [4.78, 5) is 33.7. The lowest BCUT2D eigenvalue weighted by molar-refractivity contribution is -0.128. The van der Waals surface area contributed by atoms with Gasteiger partial charge in [-0.05, 0) is 18.6 Å². The average Bonchev–Trinajstić information content (AvgIpc) is 3.34. The molecule has 0 unspecified atom stereocenters. The number of nitrogens with zero attached hydrogens (tertiary/aromatic N) is 3. The molecule has 9 heteroatoms. The first-order valence-corrected chi connectivity index (χ1v) is 11.2. The zero-order valence-corrected chi connectivity index (χ0v) is 17.2. The van der Waals surface area contributed by atoms with E-state index in [-0.39, 0.29) is 17.6 Å². The van der Waals surface area contributed by atoms with Crippen molar-refractivity contribution in [2.24, 2.45) is 0 Å². The average molecular weight is 429 g/mol. The van der Waals surface area contributed by atoms with Crippen LogP contribution < -0.4 is 5.32 Å². The van der Waals surface area contributed by atoms with Gasteiger partial charge in [-0.25, -0.2) is 9.78 Å². The van der Waals surface area contributed by atoms with Crippen LogP contribution in [0.15, 0.2) is 46.2 Å². The summed E-state index contributed by atoms with van der Waals surface area (Å²) in [6, 6.07) is 10.1. The number of aromatic nitrogens is 2. The van der Waals surface area contributed by atoms with Gasteiger partial charge in [-0.3, -0.25) is 9.78 Å². The molecule has 2 aromatic heterocycles. The van der Waals surface area contributed by atoms with Crippen molar-refractivity contribution < 1.29 is 14.7 Å². The highest BCUT2D eigenvalue weighted by Gasteiger charge is 2.30. The van der Waals surface area contributed by atoms with Gasteiger partial charge >= 0.3 is 5.97 Å². The molecule has 1 fully saturated rings. The van der Waals surface area contributed by atoms with Gasteiger partial charge in [0.25, 0.3) is 0 Å². The Bertz CT molecular complexity index is 1030. The summed E-state index contributed by atoms with van der Waals surface area (Å²) in [6.07, 6.45) is 3.17. The molecule has 1 aromatic carbocycles. The molecule has 1 saturated heterocycles. The predicted molar refractivity (Wildman–Crippen MR) is 115 cm³/mol. The minimum Gasteiger partial charge on any atom is -0.476 e. The minimum atomic E-state index is -1.02. The van der Waals surface area contributed by atoms with Gasteiger partial charge in [0.1, 0.15) is 0 Å². The minimum absolute atomic E-state index is 0.0699. The van der Waals surface area contributed by atoms with Crippen molar-refractivity contribution in [3.8, 4) is 0 Å². The molecule has 150 valence electrons. The Hall–Kier alpha value is -2.65. The van der Waals surface area contributed by atoms with Gasteiger partial charge in [0.15, 0.2) is 10.0 Å². The van der Waals surface area contributed by atoms with Crippen molar-refractivity contribution >= 4 is 51.6 Å². The second-order valence-corrected chi connectivity index (χ2v) is 8.89. The molecule has 3 aromatic rings. The maximum Gasteiger partial charge on any atom is 0.355 e. The molecule has 0 bridgehead atoms. The number of nitrogens with one attached hydrogen (secondary N) is 1. The van der Waals surface area contributed by atoms with Crippen LogP contribution in [0.2, 0.25) is 0 Å². The van der Waals surface area contributed by atoms with Crippen molar-refractivity contribution in [3.05, 3.63) is 47.6 Å². The number of aromatic carboxylic acids is 1. The number of carbonyl (C=O) groups excluding carboxylic acids is 1. The summed E-state index contributed by atoms with van der Waals surface area (Å²) in [5.41, 5.74) is 1.97. The lowest BCUT2D eigenvalue weighted by Crippen LogP contribution is -2.39. The van der Waals surface area contributed by atoms with Crippen LogP contribution in [0.5, 0.6) is 0 Å². The molecule has 0 spiro atoms. The Kier molecular flexibility index (Phi) is 5.96. The number of carboxylic acid groups (broad SMARTS) is 1. The summed E-state index contributed by atoms with van der Waals surface area (Å²) in [7, 11) is 0. The number of pyridine rings is 1. The van der Waals surface area contributed by atoms with E-state index in [0.717, 1.165) is 23.0 Å². The van der Waals surface area contributed by atoms with Gasteiger partial charge in [0.2, 0.25) is 5.91 Å². The maximum atomic E-state index is 12.3. The third kappa shape index (κ3) is 4.51. The molecule has 2 N–H and O–H groups in total. The Morgan fingerprint density at radius 2 is 2.21 bits per heavy atom. The number of likely N-dealkylation sites (tertiary alicyclic amines) is 1. The van der Waals surface area contributed by atoms with E-state index in [0.29, 0.717) is 29.6 Å². The summed E-state index contributed by atoms with van der Waals surface area (Å²) in [5, 5.41) is 15.0. The van der Waals surface area contributed by atoms with Crippen LogP contribution in [-0.4, -0.2) is 56.7 Å². The van der Waals surface area contributed by atoms with E-state index in [2.05, 4.69) is 15.3 Å². The largest absolute Gasteiger partial charge is 0.476 e. The lowest BCUT2D eigenvalue weighted by atomic mass is 10.1. The monoisotopic (exact) mass is 428 g/mol. The second-order valence-electron chi connectivity index (χ2n) is 6.69. The van der Waals surface area contributed by atoms with Crippen molar-refractivity contribution in [2.75, 3.05) is 24.2 Å². The fourth-order valence-electron chi connectivity index (χ4n) is 3.44. The Labute approximate surface area is 176 Å². The van der Waals surface area contributed by atoms with E-state index in [9.17, 15) is 9.59 Å². The fourth-order valence-corrected chi connectivity index (χ4v) is 5.25. The maximum absolute atomic E-state index is 12.3. The molecule has 0 aliphatic carbocycles. The SMILES string of the molecule is O=C(O)c1csc(SCCN2C(=O)CC[C@@H]2CNc2cccc3cccnc23)n1. The van der Waals surface area contributed by atoms with Crippen LogP contribution in [0.3, 0.4) is 0 Å². The molecule has 4 rings (SSSR count). The number of fused-ring (bicyclic) bond motifs is 1. The number of anilines is 1. The Morgan fingerprint density at radius 3 is 3.03 bits per heavy atom. The van der Waals surface area contributed by atoms with Crippen LogP contribution in [0.4, 0.5) is 5.69 Å². The third-order valence-electron chi connectivity index (χ3n) is 4.87. The standard InChI is InChI=1S/C20H20N4O3S2/c25-17-7-6-14(11-22-15-5-1-3-13-4-2-8-21-18(13)15)24(17)9-10-28-20-23-16(12-29-20)19(26)27/h1-5,8,12,14,22H,6-7,9-11H2,(H,26,27)/t14-/m1/s1. The fraction of sp³-hybridized carbons (Fsp3) is 0.300. The topological polar surface area (TPSA) is 95.4 Å². The zero-order valence-electron chi connectivity index (χ0n) is 15.6. The van der Waals surface area contributed by atoms with E-state index >= 15 is 0 Å². The first-order valence-electron chi connectivity index (χ1n) is 9.30. The van der Waals surface area contributed by atoms with Gasteiger partial charge in [0.05, 0.1) is 11.2 Å². The van der Waals surface area contributed by atoms with Crippen molar-refractivity contribution in [1.29, 1.82) is 0 Å². The van der Waals surface area contributed by atoms with E-state index in [4.69, 9.17) is 5.11 Å². The Balaban J connectivity index is 1.34. The lowest BCUT2D eigenvalue weighted by Gasteiger charge is -2.25. The van der Waals surface area contributed by atoms with Gasteiger partial charge in [-0.15, -0.1) is 11.3 Å². The first kappa shape index (κ1) is 19.7. The van der Waals surface area contributed by atoms with Crippen LogP contribution in [0.25, 0.3) is 10.9 Å². The van der Waals surface area contributed by atoms with Gasteiger partial charge in [-0.1, -0.05) is 30.0 Å². The van der Waals surface area contributed by atoms with Crippen LogP contribution >= 0.6 is 23.1 Å². The highest BCUT2D eigenvalue weighted by Crippen LogP contribution is 2.26. The summed E-state index contributed by atoms with van der Waals surface area (Å²) in [6.45, 7) is 1.29. The molecule has 1 aliphatic heterocycles. The van der Waals surface area contributed by atoms with Crippen molar-refractivity contribution in [3.63, 3.8) is 0 Å². The highest BCUT2D eigenvalue weighted by molar-refractivity contribution is 8.01. The number of hydrogen-bond acceptors (Lipinski definition) is 7. The Morgan fingerprint density at radius 1 is 1.34 bits per heavy atom. The number of thiazole rings is 1. The van der Waals surface area contributed by atoms with Crippen LogP contribution in [0, 0.1) is 0 Å². The van der Waals surface area contributed by atoms with Crippen LogP contribution in [0.1, 0.15) is 23.3 Å². The number of amides is 1. The predicted octanol–water partition coefficient (Wildman–Crippen LogP) is 3.58. The normalized spacial score (nSPS) is 16.5. The molecule has 7 nitrogen and oxygen atoms in total. The van der Waals surface area contributed by atoms with Crippen molar-refractivity contribution in [1.82, 2.24) is 14.9 Å². The molecule has 29 heavy (non-hydrogen) atoms. The summed E-state index contributed by atoms with van der Waals surface area (Å²) >= 11 is 2.80. The van der Waals surface area contributed by atoms with E-state index in [1.54, 1.807) is 6.20 Å². The molecule has 3 heterocycles. The smallest absolute Gasteiger partial charge is 0.355 e. The van der Waals surface area contributed by atoms with Crippen LogP contribution in [-0.2, 0) is 4.79 Å². The number of carbonyl (C=O) groups is 2. The first-order chi connectivity index (χ1) is 14.1. The number of benzene rings is 1. The van der Waals surface area contributed by atoms with Gasteiger partial charge < -0.3 is 15.3 Å². The van der Waals surface area contributed by atoms with Gasteiger partial charge in [-0.2, -0.15) is 0 Å². The number of rotatable bonds is 8. The second kappa shape index (κ2) is 8.79. The van der Waals surface area contributed by atoms with E-state index < -0.39 is 5.97 Å². The molecule has 0 radical (unpaired) electrons. The molecule has 0 saturated carbocycles. The summed E-state index contributed by atoms with van der Waals surface area (Å²) < 4.78 is 0.713. The third-order valence-corrected chi connectivity index (χ3v) is 6.87. The quantitative estimate of drug-likeness (QED) is 0.530. The number of hydrogen-bond donors (Lipinski definition) is 2. The number of thioether (sulfide) groups is 1. The zero-order chi connectivity index (χ0) is 20.2.